The predicted octanol–water partition coefficient (Wildman–Crippen LogP) is 3.79. The van der Waals surface area contributed by atoms with E-state index in [1.807, 2.05) is 6.07 Å². The van der Waals surface area contributed by atoms with Crippen LogP contribution < -0.4 is 5.73 Å². The van der Waals surface area contributed by atoms with Crippen LogP contribution in [0.2, 0.25) is 0 Å². The van der Waals surface area contributed by atoms with Gasteiger partial charge < -0.3 is 5.73 Å². The lowest BCUT2D eigenvalue weighted by Crippen LogP contribution is -2.50. The normalized spacial score (nSPS) is 28.1. The zero-order valence-electron chi connectivity index (χ0n) is 13.0. The van der Waals surface area contributed by atoms with Gasteiger partial charge in [-0.2, -0.15) is 0 Å². The molecular weight excluding hydrogens is 263 g/mol. The number of nitrogens with zero attached hydrogens (tertiary/aromatic N) is 1. The van der Waals surface area contributed by atoms with Crippen molar-refractivity contribution in [3.05, 3.63) is 35.1 Å². The Hall–Kier alpha value is -0.930. The summed E-state index contributed by atoms with van der Waals surface area (Å²) < 4.78 is 13.7. The van der Waals surface area contributed by atoms with E-state index < -0.39 is 0 Å². The Morgan fingerprint density at radius 3 is 2.81 bits per heavy atom. The van der Waals surface area contributed by atoms with Crippen molar-refractivity contribution in [2.24, 2.45) is 11.7 Å². The van der Waals surface area contributed by atoms with E-state index in [1.54, 1.807) is 12.1 Å². The molecule has 3 heteroatoms. The summed E-state index contributed by atoms with van der Waals surface area (Å²) in [6.07, 6.45) is 7.97. The van der Waals surface area contributed by atoms with E-state index in [0.717, 1.165) is 23.6 Å². The van der Waals surface area contributed by atoms with E-state index in [0.29, 0.717) is 12.6 Å². The second-order valence-electron chi connectivity index (χ2n) is 6.74. The molecule has 1 saturated heterocycles. The molecule has 3 atom stereocenters. The number of hydrogen-bond donors (Lipinski definition) is 1. The van der Waals surface area contributed by atoms with Crippen LogP contribution in [0.3, 0.4) is 0 Å². The van der Waals surface area contributed by atoms with Crippen LogP contribution in [0, 0.1) is 18.7 Å². The van der Waals surface area contributed by atoms with Gasteiger partial charge in [-0.1, -0.05) is 18.9 Å². The molecule has 0 spiro atoms. The fourth-order valence-corrected chi connectivity index (χ4v) is 4.46. The third-order valence-electron chi connectivity index (χ3n) is 5.51. The minimum absolute atomic E-state index is 0.147. The van der Waals surface area contributed by atoms with Gasteiger partial charge in [-0.05, 0) is 68.3 Å². The Bertz CT molecular complexity index is 486. The maximum atomic E-state index is 13.7. The minimum Gasteiger partial charge on any atom is -0.329 e. The molecule has 2 aliphatic rings. The predicted molar refractivity (Wildman–Crippen MR) is 84.6 cm³/mol. The molecule has 2 N–H and O–H groups in total. The van der Waals surface area contributed by atoms with Gasteiger partial charge >= 0.3 is 0 Å². The van der Waals surface area contributed by atoms with Gasteiger partial charge in [0.1, 0.15) is 5.82 Å². The lowest BCUT2D eigenvalue weighted by molar-refractivity contribution is 0.0273. The van der Waals surface area contributed by atoms with Gasteiger partial charge in [-0.15, -0.1) is 0 Å². The number of rotatable bonds is 3. The summed E-state index contributed by atoms with van der Waals surface area (Å²) in [7, 11) is 0. The lowest BCUT2D eigenvalue weighted by atomic mass is 9.77. The highest BCUT2D eigenvalue weighted by atomic mass is 19.1. The number of likely N-dealkylation sites (tertiary alicyclic amines) is 1. The summed E-state index contributed by atoms with van der Waals surface area (Å²) in [5.41, 5.74) is 8.36. The van der Waals surface area contributed by atoms with Gasteiger partial charge in [0, 0.05) is 18.6 Å². The molecule has 116 valence electrons. The van der Waals surface area contributed by atoms with Crippen LogP contribution in [-0.2, 0) is 0 Å². The largest absolute Gasteiger partial charge is 0.329 e. The van der Waals surface area contributed by atoms with Crippen molar-refractivity contribution in [2.45, 2.75) is 57.5 Å². The van der Waals surface area contributed by atoms with Crippen LogP contribution in [0.4, 0.5) is 4.39 Å². The number of fused-ring (bicyclic) bond motifs is 1. The molecule has 0 radical (unpaired) electrons. The zero-order chi connectivity index (χ0) is 14.8. The van der Waals surface area contributed by atoms with Gasteiger partial charge in [-0.3, -0.25) is 4.90 Å². The average Bonchev–Trinajstić information content (AvgIpc) is 2.51. The van der Waals surface area contributed by atoms with Gasteiger partial charge in [0.25, 0.3) is 0 Å². The average molecular weight is 290 g/mol. The molecule has 0 bridgehead atoms. The molecule has 0 aromatic heterocycles. The molecule has 0 amide bonds. The summed E-state index contributed by atoms with van der Waals surface area (Å²) in [5.74, 6) is 0.682. The van der Waals surface area contributed by atoms with E-state index in [2.05, 4.69) is 11.8 Å². The molecule has 1 aliphatic carbocycles. The summed E-state index contributed by atoms with van der Waals surface area (Å²) in [4.78, 5) is 2.59. The van der Waals surface area contributed by atoms with Crippen LogP contribution in [-0.4, -0.2) is 24.0 Å². The van der Waals surface area contributed by atoms with Gasteiger partial charge in [0.05, 0.1) is 0 Å². The van der Waals surface area contributed by atoms with Crippen LogP contribution in [0.1, 0.15) is 55.7 Å². The molecule has 1 saturated carbocycles. The van der Waals surface area contributed by atoms with Gasteiger partial charge in [-0.25, -0.2) is 4.39 Å². The van der Waals surface area contributed by atoms with Gasteiger partial charge in [0.15, 0.2) is 0 Å². The van der Waals surface area contributed by atoms with Crippen molar-refractivity contribution in [3.63, 3.8) is 0 Å². The van der Waals surface area contributed by atoms with Crippen molar-refractivity contribution >= 4 is 0 Å². The lowest BCUT2D eigenvalue weighted by Gasteiger charge is -2.48. The highest BCUT2D eigenvalue weighted by molar-refractivity contribution is 5.30. The number of piperidine rings is 1. The molecule has 21 heavy (non-hydrogen) atoms. The first-order chi connectivity index (χ1) is 10.2. The summed E-state index contributed by atoms with van der Waals surface area (Å²) in [5, 5.41) is 0. The van der Waals surface area contributed by atoms with Crippen molar-refractivity contribution < 1.29 is 4.39 Å². The molecular formula is C18H27FN2. The number of nitrogens with two attached hydrogens (primary N) is 1. The highest BCUT2D eigenvalue weighted by Gasteiger charge is 2.37. The first kappa shape index (κ1) is 15.0. The topological polar surface area (TPSA) is 29.3 Å². The molecule has 2 fully saturated rings. The van der Waals surface area contributed by atoms with E-state index in [4.69, 9.17) is 5.73 Å². The summed E-state index contributed by atoms with van der Waals surface area (Å²) in [6, 6.07) is 5.95. The molecule has 3 rings (SSSR count). The van der Waals surface area contributed by atoms with Crippen molar-refractivity contribution in [1.82, 2.24) is 4.90 Å². The smallest absolute Gasteiger partial charge is 0.123 e. The van der Waals surface area contributed by atoms with Crippen molar-refractivity contribution in [2.75, 3.05) is 13.1 Å². The standard InChI is InChI=1S/C18H27FN2/c1-13-8-9-15(19)11-16(13)18(12-20)21-10-4-6-14-5-2-3-7-17(14)21/h8-9,11,14,17-18H,2-7,10,12,20H2,1H3. The van der Waals surface area contributed by atoms with E-state index in [9.17, 15) is 4.39 Å². The Morgan fingerprint density at radius 1 is 1.24 bits per heavy atom. The quantitative estimate of drug-likeness (QED) is 0.917. The van der Waals surface area contributed by atoms with Crippen molar-refractivity contribution in [1.29, 1.82) is 0 Å². The molecule has 1 heterocycles. The SMILES string of the molecule is Cc1ccc(F)cc1C(CN)N1CCCC2CCCCC21. The second kappa shape index (κ2) is 6.45. The maximum absolute atomic E-state index is 13.7. The Kier molecular flexibility index (Phi) is 4.60. The fourth-order valence-electron chi connectivity index (χ4n) is 4.46. The first-order valence-electron chi connectivity index (χ1n) is 8.42. The number of halogens is 1. The zero-order valence-corrected chi connectivity index (χ0v) is 13.0. The van der Waals surface area contributed by atoms with Gasteiger partial charge in [0.2, 0.25) is 0 Å². The van der Waals surface area contributed by atoms with Crippen LogP contribution in [0.5, 0.6) is 0 Å². The Labute approximate surface area is 127 Å². The number of benzene rings is 1. The van der Waals surface area contributed by atoms with Crippen molar-refractivity contribution in [3.8, 4) is 0 Å². The van der Waals surface area contributed by atoms with Crippen LogP contribution >= 0.6 is 0 Å². The monoisotopic (exact) mass is 290 g/mol. The minimum atomic E-state index is -0.147. The number of hydrogen-bond acceptors (Lipinski definition) is 2. The highest BCUT2D eigenvalue weighted by Crippen LogP contribution is 2.39. The molecule has 2 nitrogen and oxygen atoms in total. The van der Waals surface area contributed by atoms with E-state index in [1.165, 1.54) is 38.5 Å². The molecule has 1 aliphatic heterocycles. The van der Waals surface area contributed by atoms with E-state index >= 15 is 0 Å². The third-order valence-corrected chi connectivity index (χ3v) is 5.51. The molecule has 3 unspecified atom stereocenters. The van der Waals surface area contributed by atoms with Crippen LogP contribution in [0.25, 0.3) is 0 Å². The fraction of sp³-hybridized carbons (Fsp3) is 0.667. The Morgan fingerprint density at radius 2 is 2.00 bits per heavy atom. The summed E-state index contributed by atoms with van der Waals surface area (Å²) in [6.45, 7) is 3.76. The molecule has 1 aromatic carbocycles. The summed E-state index contributed by atoms with van der Waals surface area (Å²) >= 11 is 0. The Balaban J connectivity index is 1.89. The van der Waals surface area contributed by atoms with Crippen LogP contribution in [0.15, 0.2) is 18.2 Å². The molecule has 1 aromatic rings. The number of aryl methyl sites for hydroxylation is 1. The third kappa shape index (κ3) is 3.00. The second-order valence-corrected chi connectivity index (χ2v) is 6.74. The first-order valence-corrected chi connectivity index (χ1v) is 8.42. The maximum Gasteiger partial charge on any atom is 0.123 e. The van der Waals surface area contributed by atoms with E-state index in [-0.39, 0.29) is 11.9 Å².